The van der Waals surface area contributed by atoms with Crippen molar-refractivity contribution < 1.29 is 80.2 Å². The van der Waals surface area contributed by atoms with Gasteiger partial charge in [0.05, 0.1) is 26.4 Å². The van der Waals surface area contributed by atoms with Crippen LogP contribution in [0.15, 0.2) is 0 Å². The van der Waals surface area contributed by atoms with E-state index in [1.807, 2.05) is 0 Å². The van der Waals surface area contributed by atoms with Gasteiger partial charge in [-0.05, 0) is 25.7 Å². The van der Waals surface area contributed by atoms with E-state index in [9.17, 15) is 43.2 Å². The first-order valence-corrected chi connectivity index (χ1v) is 42.3. The Balaban J connectivity index is 5.15. The van der Waals surface area contributed by atoms with Crippen molar-refractivity contribution in [2.24, 2.45) is 0 Å². The summed E-state index contributed by atoms with van der Waals surface area (Å²) in [5, 5.41) is 10.6. The van der Waals surface area contributed by atoms with Gasteiger partial charge in [0, 0.05) is 25.7 Å². The Labute approximate surface area is 575 Å². The molecule has 0 saturated heterocycles. The molecule has 0 aliphatic heterocycles. The molecule has 0 aromatic rings. The zero-order valence-electron chi connectivity index (χ0n) is 60.9. The minimum absolute atomic E-state index is 0.107. The van der Waals surface area contributed by atoms with E-state index < -0.39 is 97.5 Å². The standard InChI is InChI=1S/C75H146O17P2/c1-5-9-13-17-21-24-27-29-31-33-34-35-37-39-41-43-46-50-54-58-62-75(80)92-71(66-86-73(78)60-56-52-48-45-42-40-38-36-32-30-28-25-22-18-14-10-6-2)68-90-94(83,84)88-64-69(76)63-87-93(81,82)89-67-70(65-85-72(77)59-55-51-47-20-16-12-8-4)91-74(79)61-57-53-49-44-26-23-19-15-11-7-3/h69-71,76H,5-68H2,1-4H3,(H,81,82)(H,83,84)/t69-,70+,71+/m0/s1. The van der Waals surface area contributed by atoms with E-state index in [1.54, 1.807) is 0 Å². The summed E-state index contributed by atoms with van der Waals surface area (Å²) in [6.45, 7) is 4.93. The van der Waals surface area contributed by atoms with Crippen molar-refractivity contribution in [2.45, 2.75) is 418 Å². The third-order valence-corrected chi connectivity index (χ3v) is 19.5. The summed E-state index contributed by atoms with van der Waals surface area (Å²) in [5.74, 6) is -2.12. The largest absolute Gasteiger partial charge is 0.472 e. The predicted octanol–water partition coefficient (Wildman–Crippen LogP) is 22.2. The molecule has 94 heavy (non-hydrogen) atoms. The molecule has 0 aromatic carbocycles. The molecular formula is C75H146O17P2. The molecule has 0 spiro atoms. The zero-order chi connectivity index (χ0) is 69.0. The maximum atomic E-state index is 13.1. The third kappa shape index (κ3) is 68.6. The van der Waals surface area contributed by atoms with E-state index in [1.165, 1.54) is 218 Å². The first-order chi connectivity index (χ1) is 45.7. The Bertz CT molecular complexity index is 1790. The smallest absolute Gasteiger partial charge is 0.462 e. The molecule has 0 amide bonds. The maximum Gasteiger partial charge on any atom is 0.472 e. The van der Waals surface area contributed by atoms with Gasteiger partial charge in [0.2, 0.25) is 0 Å². The minimum atomic E-state index is -4.95. The highest BCUT2D eigenvalue weighted by Gasteiger charge is 2.30. The second-order valence-electron chi connectivity index (χ2n) is 27.0. The number of aliphatic hydroxyl groups is 1. The summed E-state index contributed by atoms with van der Waals surface area (Å²) < 4.78 is 68.3. The summed E-state index contributed by atoms with van der Waals surface area (Å²) >= 11 is 0. The Morgan fingerprint density at radius 3 is 0.628 bits per heavy atom. The molecule has 2 unspecified atom stereocenters. The number of rotatable bonds is 76. The van der Waals surface area contributed by atoms with Gasteiger partial charge >= 0.3 is 39.5 Å². The van der Waals surface area contributed by atoms with Crippen molar-refractivity contribution in [1.82, 2.24) is 0 Å². The molecule has 558 valence electrons. The number of hydrogen-bond donors (Lipinski definition) is 3. The first kappa shape index (κ1) is 92.1. The summed E-state index contributed by atoms with van der Waals surface area (Å²) in [5.41, 5.74) is 0. The molecule has 0 radical (unpaired) electrons. The van der Waals surface area contributed by atoms with Crippen molar-refractivity contribution in [1.29, 1.82) is 0 Å². The van der Waals surface area contributed by atoms with Crippen molar-refractivity contribution in [3.05, 3.63) is 0 Å². The summed E-state index contributed by atoms with van der Waals surface area (Å²) in [6, 6.07) is 0. The molecule has 0 aliphatic rings. The molecule has 17 nitrogen and oxygen atoms in total. The fourth-order valence-corrected chi connectivity index (χ4v) is 13.2. The van der Waals surface area contributed by atoms with Crippen LogP contribution in [0, 0.1) is 0 Å². The van der Waals surface area contributed by atoms with Gasteiger partial charge in [0.15, 0.2) is 12.2 Å². The SMILES string of the molecule is CCCCCCCCCCCCCCCCCCCCCCC(=O)O[C@H](COC(=O)CCCCCCCCCCCCCCCCCCC)COP(=O)(O)OC[C@@H](O)COP(=O)(O)OC[C@@H](COC(=O)CCCCCCCCC)OC(=O)CCCCCCCCCCCC. The second kappa shape index (κ2) is 69.5. The number of hydrogen-bond acceptors (Lipinski definition) is 15. The van der Waals surface area contributed by atoms with Gasteiger partial charge in [0.25, 0.3) is 0 Å². The minimum Gasteiger partial charge on any atom is -0.462 e. The van der Waals surface area contributed by atoms with Crippen LogP contribution in [0.1, 0.15) is 400 Å². The number of phosphoric acid groups is 2. The number of unbranched alkanes of at least 4 members (excludes halogenated alkanes) is 50. The lowest BCUT2D eigenvalue weighted by atomic mass is 10.0. The van der Waals surface area contributed by atoms with Crippen LogP contribution in [-0.4, -0.2) is 96.7 Å². The Morgan fingerprint density at radius 2 is 0.426 bits per heavy atom. The number of ether oxygens (including phenoxy) is 4. The molecule has 0 heterocycles. The first-order valence-electron chi connectivity index (χ1n) is 39.3. The lowest BCUT2D eigenvalue weighted by Crippen LogP contribution is -2.30. The van der Waals surface area contributed by atoms with Crippen LogP contribution >= 0.6 is 15.6 Å². The van der Waals surface area contributed by atoms with E-state index in [4.69, 9.17) is 37.0 Å². The quantitative estimate of drug-likeness (QED) is 0.0222. The Hall–Kier alpha value is -1.94. The van der Waals surface area contributed by atoms with Gasteiger partial charge in [-0.1, -0.05) is 349 Å². The van der Waals surface area contributed by atoms with Crippen LogP contribution in [0.5, 0.6) is 0 Å². The zero-order valence-corrected chi connectivity index (χ0v) is 62.7. The molecule has 0 saturated carbocycles. The molecular weight excluding hydrogens is 1230 g/mol. The highest BCUT2D eigenvalue weighted by Crippen LogP contribution is 2.45. The molecule has 0 aromatic heterocycles. The molecule has 5 atom stereocenters. The molecule has 0 rings (SSSR count). The number of phosphoric ester groups is 2. The fraction of sp³-hybridized carbons (Fsp3) is 0.947. The predicted molar refractivity (Wildman–Crippen MR) is 382 cm³/mol. The summed E-state index contributed by atoms with van der Waals surface area (Å²) in [4.78, 5) is 72.6. The van der Waals surface area contributed by atoms with E-state index >= 15 is 0 Å². The van der Waals surface area contributed by atoms with Gasteiger partial charge in [-0.15, -0.1) is 0 Å². The molecule has 19 heteroatoms. The van der Waals surface area contributed by atoms with Crippen LogP contribution in [-0.2, 0) is 65.4 Å². The monoisotopic (exact) mass is 1380 g/mol. The van der Waals surface area contributed by atoms with Crippen LogP contribution in [0.4, 0.5) is 0 Å². The lowest BCUT2D eigenvalue weighted by molar-refractivity contribution is -0.161. The van der Waals surface area contributed by atoms with Crippen LogP contribution < -0.4 is 0 Å². The van der Waals surface area contributed by atoms with Gasteiger partial charge < -0.3 is 33.8 Å². The molecule has 3 N–H and O–H groups in total. The topological polar surface area (TPSA) is 237 Å². The van der Waals surface area contributed by atoms with Crippen molar-refractivity contribution >= 4 is 39.5 Å². The van der Waals surface area contributed by atoms with E-state index in [0.29, 0.717) is 25.7 Å². The molecule has 0 fully saturated rings. The Morgan fingerprint density at radius 1 is 0.255 bits per heavy atom. The maximum absolute atomic E-state index is 13.1. The van der Waals surface area contributed by atoms with E-state index in [2.05, 4.69) is 27.7 Å². The second-order valence-corrected chi connectivity index (χ2v) is 29.9. The lowest BCUT2D eigenvalue weighted by Gasteiger charge is -2.21. The highest BCUT2D eigenvalue weighted by atomic mass is 31.2. The third-order valence-electron chi connectivity index (χ3n) is 17.6. The van der Waals surface area contributed by atoms with Crippen LogP contribution in [0.3, 0.4) is 0 Å². The van der Waals surface area contributed by atoms with Gasteiger partial charge in [-0.25, -0.2) is 9.13 Å². The van der Waals surface area contributed by atoms with E-state index in [0.717, 1.165) is 103 Å². The average Bonchev–Trinajstić information content (AvgIpc) is 1.87. The van der Waals surface area contributed by atoms with Crippen molar-refractivity contribution in [3.63, 3.8) is 0 Å². The summed E-state index contributed by atoms with van der Waals surface area (Å²) in [7, 11) is -9.90. The normalized spacial score (nSPS) is 13.9. The van der Waals surface area contributed by atoms with Crippen LogP contribution in [0.2, 0.25) is 0 Å². The highest BCUT2D eigenvalue weighted by molar-refractivity contribution is 7.47. The number of carbonyl (C=O) groups is 4. The average molecular weight is 1380 g/mol. The van der Waals surface area contributed by atoms with Gasteiger partial charge in [-0.2, -0.15) is 0 Å². The fourth-order valence-electron chi connectivity index (χ4n) is 11.6. The van der Waals surface area contributed by atoms with E-state index in [-0.39, 0.29) is 25.7 Å². The van der Waals surface area contributed by atoms with Gasteiger partial charge in [-0.3, -0.25) is 37.3 Å². The number of esters is 4. The van der Waals surface area contributed by atoms with Crippen LogP contribution in [0.25, 0.3) is 0 Å². The van der Waals surface area contributed by atoms with Crippen molar-refractivity contribution in [2.75, 3.05) is 39.6 Å². The van der Waals surface area contributed by atoms with Gasteiger partial charge in [0.1, 0.15) is 19.3 Å². The Kier molecular flexibility index (Phi) is 68.1. The molecule has 0 bridgehead atoms. The number of carbonyl (C=O) groups excluding carboxylic acids is 4. The molecule has 0 aliphatic carbocycles. The summed E-state index contributed by atoms with van der Waals surface area (Å²) in [6.07, 6.45) is 59.9. The van der Waals surface area contributed by atoms with Crippen molar-refractivity contribution in [3.8, 4) is 0 Å². The number of aliphatic hydroxyl groups excluding tert-OH is 1.